The number of alkyl halides is 4. The van der Waals surface area contributed by atoms with Crippen LogP contribution in [0.2, 0.25) is 0 Å². The van der Waals surface area contributed by atoms with Crippen LogP contribution in [0.3, 0.4) is 0 Å². The first-order chi connectivity index (χ1) is 8.25. The molecule has 102 valence electrons. The summed E-state index contributed by atoms with van der Waals surface area (Å²) >= 11 is 3.08. The number of aliphatic hydroxyl groups excluding tert-OH is 2. The smallest absolute Gasteiger partial charge is 0.399 e. The van der Waals surface area contributed by atoms with Crippen LogP contribution < -0.4 is 5.73 Å². The number of hydrogen-bond donors (Lipinski definition) is 3. The maximum atomic E-state index is 12.6. The van der Waals surface area contributed by atoms with Crippen LogP contribution in [0.4, 0.5) is 18.9 Å². The fourth-order valence-electron chi connectivity index (χ4n) is 1.50. The summed E-state index contributed by atoms with van der Waals surface area (Å²) in [5, 5.41) is 19.7. The van der Waals surface area contributed by atoms with Gasteiger partial charge in [-0.25, -0.2) is 0 Å². The van der Waals surface area contributed by atoms with Gasteiger partial charge in [0, 0.05) is 11.0 Å². The predicted molar refractivity (Wildman–Crippen MR) is 65.2 cm³/mol. The van der Waals surface area contributed by atoms with Gasteiger partial charge >= 0.3 is 6.18 Å². The Morgan fingerprint density at radius 3 is 2.33 bits per heavy atom. The van der Waals surface area contributed by atoms with Crippen molar-refractivity contribution in [1.29, 1.82) is 0 Å². The van der Waals surface area contributed by atoms with Gasteiger partial charge in [0.1, 0.15) is 6.10 Å². The average molecular weight is 328 g/mol. The average Bonchev–Trinajstić information content (AvgIpc) is 2.26. The Balaban J connectivity index is 3.06. The van der Waals surface area contributed by atoms with Gasteiger partial charge in [-0.1, -0.05) is 15.9 Å². The molecule has 1 rings (SSSR count). The molecule has 0 heterocycles. The second-order valence-electron chi connectivity index (χ2n) is 3.88. The highest BCUT2D eigenvalue weighted by Gasteiger charge is 2.32. The minimum atomic E-state index is -4.54. The van der Waals surface area contributed by atoms with E-state index in [-0.39, 0.29) is 17.7 Å². The normalized spacial score (nSPS) is 15.4. The molecule has 1 aromatic rings. The van der Waals surface area contributed by atoms with Crippen LogP contribution in [0, 0.1) is 0 Å². The minimum Gasteiger partial charge on any atom is -0.399 e. The number of aliphatic hydroxyl groups is 2. The van der Waals surface area contributed by atoms with E-state index in [4.69, 9.17) is 5.73 Å². The van der Waals surface area contributed by atoms with Crippen molar-refractivity contribution in [3.8, 4) is 0 Å². The number of anilines is 1. The van der Waals surface area contributed by atoms with Gasteiger partial charge in [0.05, 0.1) is 11.7 Å². The monoisotopic (exact) mass is 327 g/mol. The first-order valence-electron chi connectivity index (χ1n) is 5.15. The molecule has 18 heavy (non-hydrogen) atoms. The van der Waals surface area contributed by atoms with Gasteiger partial charge in [-0.05, 0) is 30.2 Å². The number of halogens is 4. The van der Waals surface area contributed by atoms with Crippen LogP contribution in [0.25, 0.3) is 0 Å². The predicted octanol–water partition coefficient (Wildman–Crippen LogP) is 2.47. The van der Waals surface area contributed by atoms with Gasteiger partial charge in [-0.2, -0.15) is 13.2 Å². The second kappa shape index (κ2) is 5.90. The summed E-state index contributed by atoms with van der Waals surface area (Å²) in [5.41, 5.74) is 4.27. The molecule has 3 nitrogen and oxygen atoms in total. The number of hydrogen-bond acceptors (Lipinski definition) is 3. The second-order valence-corrected chi connectivity index (χ2v) is 4.67. The minimum absolute atomic E-state index is 0.0456. The highest BCUT2D eigenvalue weighted by Crippen LogP contribution is 2.33. The lowest BCUT2D eigenvalue weighted by Crippen LogP contribution is -2.19. The molecule has 2 unspecified atom stereocenters. The summed E-state index contributed by atoms with van der Waals surface area (Å²) in [5.74, 6) is 0. The van der Waals surface area contributed by atoms with Crippen molar-refractivity contribution in [2.75, 3.05) is 11.1 Å². The van der Waals surface area contributed by atoms with E-state index in [0.29, 0.717) is 5.33 Å². The third-order valence-electron chi connectivity index (χ3n) is 2.42. The van der Waals surface area contributed by atoms with Gasteiger partial charge < -0.3 is 15.9 Å². The molecule has 0 fully saturated rings. The number of nitrogen functional groups attached to an aromatic ring is 1. The fourth-order valence-corrected chi connectivity index (χ4v) is 1.97. The summed E-state index contributed by atoms with van der Waals surface area (Å²) < 4.78 is 37.7. The standard InChI is InChI=1S/C11H13BrF3NO2/c12-2-1-9(17)10(18)6-3-7(11(13,14)15)5-8(16)4-6/h3-5,9-10,17-18H,1-2,16H2. The van der Waals surface area contributed by atoms with Crippen LogP contribution in [0.15, 0.2) is 18.2 Å². The highest BCUT2D eigenvalue weighted by atomic mass is 79.9. The SMILES string of the molecule is Nc1cc(C(O)C(O)CCBr)cc(C(F)(F)F)c1. The summed E-state index contributed by atoms with van der Waals surface area (Å²) in [6.45, 7) is 0. The van der Waals surface area contributed by atoms with Crippen molar-refractivity contribution in [3.63, 3.8) is 0 Å². The fraction of sp³-hybridized carbons (Fsp3) is 0.455. The molecule has 0 aliphatic rings. The molecule has 0 saturated heterocycles. The van der Waals surface area contributed by atoms with Gasteiger partial charge in [-0.3, -0.25) is 0 Å². The molecular formula is C11H13BrF3NO2. The molecular weight excluding hydrogens is 315 g/mol. The van der Waals surface area contributed by atoms with Crippen molar-refractivity contribution in [2.24, 2.45) is 0 Å². The Hall–Kier alpha value is -0.790. The van der Waals surface area contributed by atoms with Crippen molar-refractivity contribution in [3.05, 3.63) is 29.3 Å². The lowest BCUT2D eigenvalue weighted by atomic mass is 9.99. The summed E-state index contributed by atoms with van der Waals surface area (Å²) in [6, 6.07) is 2.79. The van der Waals surface area contributed by atoms with Gasteiger partial charge in [0.25, 0.3) is 0 Å². The summed E-state index contributed by atoms with van der Waals surface area (Å²) in [6.07, 6.45) is -6.86. The van der Waals surface area contributed by atoms with Gasteiger partial charge in [0.15, 0.2) is 0 Å². The Morgan fingerprint density at radius 2 is 1.83 bits per heavy atom. The molecule has 0 spiro atoms. The van der Waals surface area contributed by atoms with E-state index >= 15 is 0 Å². The molecule has 0 aromatic heterocycles. The maximum Gasteiger partial charge on any atom is 0.416 e. The van der Waals surface area contributed by atoms with Crippen molar-refractivity contribution < 1.29 is 23.4 Å². The molecule has 0 amide bonds. The zero-order chi connectivity index (χ0) is 13.9. The van der Waals surface area contributed by atoms with E-state index in [2.05, 4.69) is 15.9 Å². The number of benzene rings is 1. The third-order valence-corrected chi connectivity index (χ3v) is 2.87. The van der Waals surface area contributed by atoms with E-state index in [1.54, 1.807) is 0 Å². The first-order valence-corrected chi connectivity index (χ1v) is 6.27. The van der Waals surface area contributed by atoms with Crippen LogP contribution in [0.1, 0.15) is 23.7 Å². The Kier molecular flexibility index (Phi) is 5.01. The van der Waals surface area contributed by atoms with Crippen LogP contribution in [-0.4, -0.2) is 21.6 Å². The van der Waals surface area contributed by atoms with E-state index in [0.717, 1.165) is 12.1 Å². The Labute approximate surface area is 111 Å². The molecule has 7 heteroatoms. The number of rotatable bonds is 4. The molecule has 0 radical (unpaired) electrons. The first kappa shape index (κ1) is 15.3. The quantitative estimate of drug-likeness (QED) is 0.588. The Bertz CT molecular complexity index is 412. The summed E-state index contributed by atoms with van der Waals surface area (Å²) in [4.78, 5) is 0. The molecule has 0 aliphatic carbocycles. The zero-order valence-corrected chi connectivity index (χ0v) is 10.9. The topological polar surface area (TPSA) is 66.5 Å². The van der Waals surface area contributed by atoms with Gasteiger partial charge in [0.2, 0.25) is 0 Å². The van der Waals surface area contributed by atoms with E-state index in [9.17, 15) is 23.4 Å². The largest absolute Gasteiger partial charge is 0.416 e. The summed E-state index contributed by atoms with van der Waals surface area (Å²) in [7, 11) is 0. The number of nitrogens with two attached hydrogens (primary N) is 1. The molecule has 2 atom stereocenters. The van der Waals surface area contributed by atoms with Crippen molar-refractivity contribution in [1.82, 2.24) is 0 Å². The molecule has 0 bridgehead atoms. The van der Waals surface area contributed by atoms with Crippen molar-refractivity contribution >= 4 is 21.6 Å². The van der Waals surface area contributed by atoms with E-state index in [1.165, 1.54) is 6.07 Å². The van der Waals surface area contributed by atoms with E-state index < -0.39 is 23.9 Å². The zero-order valence-electron chi connectivity index (χ0n) is 9.28. The maximum absolute atomic E-state index is 12.6. The lowest BCUT2D eigenvalue weighted by Gasteiger charge is -2.19. The van der Waals surface area contributed by atoms with Crippen molar-refractivity contribution in [2.45, 2.75) is 24.8 Å². The third kappa shape index (κ3) is 3.86. The molecule has 0 saturated carbocycles. The Morgan fingerprint density at radius 1 is 1.22 bits per heavy atom. The van der Waals surface area contributed by atoms with Gasteiger partial charge in [-0.15, -0.1) is 0 Å². The lowest BCUT2D eigenvalue weighted by molar-refractivity contribution is -0.137. The molecule has 4 N–H and O–H groups in total. The van der Waals surface area contributed by atoms with Crippen LogP contribution >= 0.6 is 15.9 Å². The van der Waals surface area contributed by atoms with E-state index in [1.807, 2.05) is 0 Å². The van der Waals surface area contributed by atoms with Crippen LogP contribution in [-0.2, 0) is 6.18 Å². The highest BCUT2D eigenvalue weighted by molar-refractivity contribution is 9.09. The van der Waals surface area contributed by atoms with Crippen LogP contribution in [0.5, 0.6) is 0 Å². The molecule has 1 aromatic carbocycles. The molecule has 0 aliphatic heterocycles.